The van der Waals surface area contributed by atoms with Crippen molar-refractivity contribution in [2.24, 2.45) is 5.41 Å². The van der Waals surface area contributed by atoms with Gasteiger partial charge in [-0.3, -0.25) is 19.5 Å². The molecule has 0 aliphatic carbocycles. The van der Waals surface area contributed by atoms with Crippen LogP contribution in [0, 0.1) is 16.7 Å². The lowest BCUT2D eigenvalue weighted by molar-refractivity contribution is -0.133. The van der Waals surface area contributed by atoms with E-state index in [0.717, 1.165) is 16.7 Å². The molecule has 1 saturated heterocycles. The molecule has 5 rings (SSSR count). The molecule has 3 aromatic carbocycles. The zero-order valence-electron chi connectivity index (χ0n) is 22.9. The predicted octanol–water partition coefficient (Wildman–Crippen LogP) is 6.02. The monoisotopic (exact) mass is 544 g/mol. The summed E-state index contributed by atoms with van der Waals surface area (Å²) in [6, 6.07) is 31.6. The van der Waals surface area contributed by atoms with Gasteiger partial charge in [-0.2, -0.15) is 5.26 Å². The lowest BCUT2D eigenvalue weighted by atomic mass is 9.79. The second-order valence-corrected chi connectivity index (χ2v) is 10.2. The summed E-state index contributed by atoms with van der Waals surface area (Å²) in [4.78, 5) is 34.4. The van der Waals surface area contributed by atoms with Crippen LogP contribution in [0.1, 0.15) is 43.0 Å². The van der Waals surface area contributed by atoms with Gasteiger partial charge in [-0.05, 0) is 54.7 Å². The summed E-state index contributed by atoms with van der Waals surface area (Å²) >= 11 is 0. The molecule has 0 spiro atoms. The van der Waals surface area contributed by atoms with Gasteiger partial charge in [0.15, 0.2) is 0 Å². The van der Waals surface area contributed by atoms with E-state index in [9.17, 15) is 14.9 Å². The Morgan fingerprint density at radius 1 is 0.878 bits per heavy atom. The fourth-order valence-corrected chi connectivity index (χ4v) is 5.23. The molecule has 0 radical (unpaired) electrons. The molecule has 1 aromatic heterocycles. The number of aromatic nitrogens is 1. The van der Waals surface area contributed by atoms with Gasteiger partial charge < -0.3 is 10.1 Å². The molecule has 1 aliphatic heterocycles. The van der Waals surface area contributed by atoms with Crippen molar-refractivity contribution in [1.82, 2.24) is 10.3 Å². The van der Waals surface area contributed by atoms with Crippen LogP contribution in [0.25, 0.3) is 11.1 Å². The van der Waals surface area contributed by atoms with Crippen molar-refractivity contribution in [2.45, 2.75) is 31.8 Å². The molecule has 2 atom stereocenters. The second kappa shape index (κ2) is 12.6. The van der Waals surface area contributed by atoms with E-state index < -0.39 is 17.4 Å². The molecular weight excluding hydrogens is 512 g/mol. The zero-order chi connectivity index (χ0) is 28.7. The van der Waals surface area contributed by atoms with Crippen LogP contribution in [0.2, 0.25) is 0 Å². The van der Waals surface area contributed by atoms with E-state index in [4.69, 9.17) is 4.74 Å². The highest BCUT2D eigenvalue weighted by atomic mass is 16.5. The first-order chi connectivity index (χ1) is 20.0. The number of rotatable bonds is 8. The summed E-state index contributed by atoms with van der Waals surface area (Å²) in [5.74, 6) is -0.790. The van der Waals surface area contributed by atoms with Gasteiger partial charge in [0.05, 0.1) is 12.1 Å². The molecule has 0 saturated carbocycles. The molecule has 1 fully saturated rings. The number of hydrogen-bond donors (Lipinski definition) is 1. The maximum absolute atomic E-state index is 14.5. The minimum atomic E-state index is -1.32. The lowest BCUT2D eigenvalue weighted by Crippen LogP contribution is -2.51. The molecule has 1 unspecified atom stereocenters. The maximum atomic E-state index is 14.5. The zero-order valence-corrected chi connectivity index (χ0v) is 22.9. The van der Waals surface area contributed by atoms with Crippen molar-refractivity contribution in [3.05, 3.63) is 121 Å². The van der Waals surface area contributed by atoms with Crippen molar-refractivity contribution in [3.8, 4) is 17.2 Å². The summed E-state index contributed by atoms with van der Waals surface area (Å²) in [6.45, 7) is 2.51. The first-order valence-corrected chi connectivity index (χ1v) is 13.8. The van der Waals surface area contributed by atoms with E-state index in [1.807, 2.05) is 91.9 Å². The van der Waals surface area contributed by atoms with Crippen LogP contribution < -0.4 is 10.2 Å². The number of hydrogen-bond acceptors (Lipinski definition) is 5. The molecule has 2 heterocycles. The van der Waals surface area contributed by atoms with Crippen LogP contribution in [-0.4, -0.2) is 30.0 Å². The Balaban J connectivity index is 1.60. The normalized spacial score (nSPS) is 15.6. The van der Waals surface area contributed by atoms with Crippen LogP contribution in [0.5, 0.6) is 0 Å². The average molecular weight is 545 g/mol. The molecule has 206 valence electrons. The van der Waals surface area contributed by atoms with E-state index in [1.165, 1.54) is 4.90 Å². The van der Waals surface area contributed by atoms with Crippen molar-refractivity contribution in [1.29, 1.82) is 5.26 Å². The number of benzene rings is 3. The fraction of sp³-hybridized carbons (Fsp3) is 0.235. The minimum Gasteiger partial charge on any atom is -0.381 e. The highest BCUT2D eigenvalue weighted by Gasteiger charge is 2.47. The van der Waals surface area contributed by atoms with E-state index in [-0.39, 0.29) is 24.8 Å². The van der Waals surface area contributed by atoms with E-state index in [0.29, 0.717) is 24.5 Å². The highest BCUT2D eigenvalue weighted by Crippen LogP contribution is 2.39. The highest BCUT2D eigenvalue weighted by molar-refractivity contribution is 6.05. The molecule has 7 heteroatoms. The Bertz CT molecular complexity index is 1500. The van der Waals surface area contributed by atoms with Crippen molar-refractivity contribution < 1.29 is 14.3 Å². The number of ether oxygens (including phenoxy) is 1. The van der Waals surface area contributed by atoms with Crippen LogP contribution >= 0.6 is 0 Å². The number of nitriles is 1. The van der Waals surface area contributed by atoms with E-state index in [2.05, 4.69) is 16.4 Å². The molecule has 4 aromatic rings. The summed E-state index contributed by atoms with van der Waals surface area (Å²) in [7, 11) is 0. The van der Waals surface area contributed by atoms with Crippen molar-refractivity contribution >= 4 is 17.5 Å². The molecular formula is C34H32N4O3. The maximum Gasteiger partial charge on any atom is 0.248 e. The quantitative estimate of drug-likeness (QED) is 0.293. The topological polar surface area (TPSA) is 95.3 Å². The smallest absolute Gasteiger partial charge is 0.248 e. The van der Waals surface area contributed by atoms with Gasteiger partial charge in [-0.1, -0.05) is 78.9 Å². The van der Waals surface area contributed by atoms with Crippen LogP contribution in [0.3, 0.4) is 0 Å². The number of carbonyl (C=O) groups is 2. The number of amides is 2. The molecule has 41 heavy (non-hydrogen) atoms. The van der Waals surface area contributed by atoms with Gasteiger partial charge in [0, 0.05) is 36.9 Å². The average Bonchev–Trinajstić information content (AvgIpc) is 3.05. The number of nitrogens with one attached hydrogen (secondary N) is 1. The van der Waals surface area contributed by atoms with Gasteiger partial charge in [-0.15, -0.1) is 0 Å². The minimum absolute atomic E-state index is 0.253. The molecule has 7 nitrogen and oxygen atoms in total. The summed E-state index contributed by atoms with van der Waals surface area (Å²) in [6.07, 6.45) is 3.73. The standard InChI is InChI=1S/C34H32N4O3/c1-25(26-9-4-2-5-10-26)37-32(39)31(29-13-8-20-36-23-29)38(33(40)34(24-35)18-21-41-22-19-34)30-16-14-28(15-17-30)27-11-6-3-7-12-27/h2-17,20,23,25,31H,18-19,21-22H2,1H3,(H,37,39)/t25-,31?/m0/s1. The van der Waals surface area contributed by atoms with Gasteiger partial charge in [0.25, 0.3) is 0 Å². The lowest BCUT2D eigenvalue weighted by Gasteiger charge is -2.38. The summed E-state index contributed by atoms with van der Waals surface area (Å²) in [5, 5.41) is 13.4. The van der Waals surface area contributed by atoms with Gasteiger partial charge >= 0.3 is 0 Å². The number of anilines is 1. The first kappa shape index (κ1) is 27.8. The first-order valence-electron chi connectivity index (χ1n) is 13.8. The largest absolute Gasteiger partial charge is 0.381 e. The Kier molecular flexibility index (Phi) is 8.52. The van der Waals surface area contributed by atoms with Crippen LogP contribution in [0.15, 0.2) is 109 Å². The Labute approximate surface area is 240 Å². The number of pyridine rings is 1. The molecule has 0 bridgehead atoms. The Morgan fingerprint density at radius 3 is 2.10 bits per heavy atom. The molecule has 1 N–H and O–H groups in total. The molecule has 2 amide bonds. The van der Waals surface area contributed by atoms with Gasteiger partial charge in [0.1, 0.15) is 11.5 Å². The fourth-order valence-electron chi connectivity index (χ4n) is 5.23. The second-order valence-electron chi connectivity index (χ2n) is 10.2. The van der Waals surface area contributed by atoms with E-state index >= 15 is 0 Å². The number of nitrogens with zero attached hydrogens (tertiary/aromatic N) is 3. The Morgan fingerprint density at radius 2 is 1.49 bits per heavy atom. The van der Waals surface area contributed by atoms with Crippen LogP contribution in [0.4, 0.5) is 5.69 Å². The predicted molar refractivity (Wildman–Crippen MR) is 157 cm³/mol. The third-order valence-corrected chi connectivity index (χ3v) is 7.61. The van der Waals surface area contributed by atoms with Gasteiger partial charge in [0.2, 0.25) is 11.8 Å². The third-order valence-electron chi connectivity index (χ3n) is 7.61. The van der Waals surface area contributed by atoms with Crippen LogP contribution in [-0.2, 0) is 14.3 Å². The summed E-state index contributed by atoms with van der Waals surface area (Å²) in [5.41, 5.74) is 2.70. The number of carbonyl (C=O) groups excluding carboxylic acids is 2. The van der Waals surface area contributed by atoms with Gasteiger partial charge in [-0.25, -0.2) is 0 Å². The third kappa shape index (κ3) is 6.03. The molecule has 1 aliphatic rings. The SMILES string of the molecule is C[C@H](NC(=O)C(c1cccnc1)N(C(=O)C1(C#N)CCOCC1)c1ccc(-c2ccccc2)cc1)c1ccccc1. The van der Waals surface area contributed by atoms with Crippen molar-refractivity contribution in [2.75, 3.05) is 18.1 Å². The van der Waals surface area contributed by atoms with E-state index in [1.54, 1.807) is 24.5 Å². The summed E-state index contributed by atoms with van der Waals surface area (Å²) < 4.78 is 5.51. The Hall–Kier alpha value is -4.80. The van der Waals surface area contributed by atoms with Crippen molar-refractivity contribution in [3.63, 3.8) is 0 Å².